The maximum atomic E-state index is 12.2. The lowest BCUT2D eigenvalue weighted by Gasteiger charge is -2.19. The summed E-state index contributed by atoms with van der Waals surface area (Å²) in [6, 6.07) is 3.40. The van der Waals surface area contributed by atoms with E-state index in [4.69, 9.17) is 5.73 Å². The fourth-order valence-electron chi connectivity index (χ4n) is 2.10. The summed E-state index contributed by atoms with van der Waals surface area (Å²) in [6.45, 7) is 2.11. The molecule has 1 aromatic carbocycles. The molecule has 98 valence electrons. The van der Waals surface area contributed by atoms with Crippen LogP contribution in [0.2, 0.25) is 0 Å². The van der Waals surface area contributed by atoms with Crippen LogP contribution in [-0.4, -0.2) is 18.6 Å². The van der Waals surface area contributed by atoms with Crippen LogP contribution in [0.5, 0.6) is 0 Å². The summed E-state index contributed by atoms with van der Waals surface area (Å²) in [6.07, 6.45) is -5.34. The fraction of sp³-hybridized carbons (Fsp3) is 0.417. The van der Waals surface area contributed by atoms with E-state index in [2.05, 4.69) is 0 Å². The Bertz CT molecular complexity index is 497. The second-order valence-corrected chi connectivity index (χ2v) is 4.42. The summed E-state index contributed by atoms with van der Waals surface area (Å²) in [5.74, 6) is -0.926. The summed E-state index contributed by atoms with van der Waals surface area (Å²) in [5.41, 5.74) is 8.46. The molecule has 2 rings (SSSR count). The van der Waals surface area contributed by atoms with Gasteiger partial charge in [0.15, 0.2) is 0 Å². The number of hydrogen-bond donors (Lipinski definition) is 1. The van der Waals surface area contributed by atoms with Gasteiger partial charge in [0, 0.05) is 17.9 Å². The zero-order valence-corrected chi connectivity index (χ0v) is 9.84. The topological polar surface area (TPSA) is 46.3 Å². The summed E-state index contributed by atoms with van der Waals surface area (Å²) in [5, 5.41) is 0. The van der Waals surface area contributed by atoms with E-state index in [0.717, 1.165) is 11.1 Å². The van der Waals surface area contributed by atoms with Gasteiger partial charge >= 0.3 is 6.18 Å². The van der Waals surface area contributed by atoms with Crippen molar-refractivity contribution in [1.82, 2.24) is 0 Å². The molecule has 1 aliphatic rings. The lowest BCUT2D eigenvalue weighted by molar-refractivity contribution is -0.151. The smallest absolute Gasteiger partial charge is 0.397 e. The Hall–Kier alpha value is -1.72. The molecule has 0 saturated carbocycles. The number of nitrogen functional groups attached to an aromatic ring is 1. The molecule has 0 spiro atoms. The number of benzene rings is 1. The average Bonchev–Trinajstić information content (AvgIpc) is 2.59. The van der Waals surface area contributed by atoms with Gasteiger partial charge in [-0.15, -0.1) is 0 Å². The highest BCUT2D eigenvalue weighted by Crippen LogP contribution is 2.33. The van der Waals surface area contributed by atoms with E-state index in [1.807, 2.05) is 13.0 Å². The van der Waals surface area contributed by atoms with Crippen LogP contribution < -0.4 is 10.6 Å². The molecule has 3 nitrogen and oxygen atoms in total. The van der Waals surface area contributed by atoms with Gasteiger partial charge in [-0.25, -0.2) is 0 Å². The number of carbonyl (C=O) groups is 1. The molecular weight excluding hydrogens is 245 g/mol. The minimum Gasteiger partial charge on any atom is -0.398 e. The number of hydrogen-bond acceptors (Lipinski definition) is 2. The highest BCUT2D eigenvalue weighted by Gasteiger charge is 2.35. The summed E-state index contributed by atoms with van der Waals surface area (Å²) < 4.78 is 36.6. The molecule has 0 unspecified atom stereocenters. The van der Waals surface area contributed by atoms with Crippen LogP contribution in [0.3, 0.4) is 0 Å². The van der Waals surface area contributed by atoms with Crippen LogP contribution in [0.25, 0.3) is 0 Å². The molecule has 0 saturated heterocycles. The lowest BCUT2D eigenvalue weighted by atomic mass is 10.1. The van der Waals surface area contributed by atoms with Crippen LogP contribution in [0.1, 0.15) is 17.5 Å². The molecule has 1 aromatic rings. The van der Waals surface area contributed by atoms with Gasteiger partial charge in [-0.05, 0) is 30.5 Å². The Balaban J connectivity index is 2.26. The lowest BCUT2D eigenvalue weighted by Crippen LogP contribution is -2.32. The second kappa shape index (κ2) is 4.19. The van der Waals surface area contributed by atoms with Gasteiger partial charge in [0.2, 0.25) is 5.91 Å². The largest absolute Gasteiger partial charge is 0.398 e. The number of rotatable bonds is 1. The first-order valence-electron chi connectivity index (χ1n) is 5.54. The van der Waals surface area contributed by atoms with Crippen molar-refractivity contribution >= 4 is 17.3 Å². The number of nitrogens with two attached hydrogens (primary N) is 1. The van der Waals surface area contributed by atoms with Gasteiger partial charge in [0.25, 0.3) is 0 Å². The summed E-state index contributed by atoms with van der Waals surface area (Å²) in [7, 11) is 0. The Morgan fingerprint density at radius 1 is 1.44 bits per heavy atom. The molecule has 0 radical (unpaired) electrons. The van der Waals surface area contributed by atoms with Crippen LogP contribution >= 0.6 is 0 Å². The van der Waals surface area contributed by atoms with E-state index in [1.165, 1.54) is 4.90 Å². The molecule has 6 heteroatoms. The first-order valence-corrected chi connectivity index (χ1v) is 5.54. The van der Waals surface area contributed by atoms with E-state index in [0.29, 0.717) is 17.8 Å². The number of anilines is 2. The third-order valence-corrected chi connectivity index (χ3v) is 3.02. The number of fused-ring (bicyclic) bond motifs is 1. The number of nitrogens with zero attached hydrogens (tertiary/aromatic N) is 1. The highest BCUT2D eigenvalue weighted by molar-refractivity contribution is 5.96. The predicted molar refractivity (Wildman–Crippen MR) is 62.3 cm³/mol. The Kier molecular flexibility index (Phi) is 2.96. The monoisotopic (exact) mass is 258 g/mol. The van der Waals surface area contributed by atoms with Gasteiger partial charge in [0.05, 0.1) is 0 Å². The molecule has 0 aliphatic carbocycles. The molecule has 0 aromatic heterocycles. The number of alkyl halides is 3. The molecule has 0 fully saturated rings. The molecule has 1 heterocycles. The van der Waals surface area contributed by atoms with Crippen molar-refractivity contribution in [3.05, 3.63) is 23.3 Å². The molecule has 0 bridgehead atoms. The zero-order chi connectivity index (χ0) is 13.5. The quantitative estimate of drug-likeness (QED) is 0.786. The van der Waals surface area contributed by atoms with E-state index in [-0.39, 0.29) is 6.54 Å². The Morgan fingerprint density at radius 2 is 2.11 bits per heavy atom. The van der Waals surface area contributed by atoms with Crippen molar-refractivity contribution in [3.63, 3.8) is 0 Å². The molecular formula is C12H13F3N2O. The first kappa shape index (κ1) is 12.7. The summed E-state index contributed by atoms with van der Waals surface area (Å²) >= 11 is 0. The Labute approximate surface area is 102 Å². The van der Waals surface area contributed by atoms with Crippen LogP contribution in [0.4, 0.5) is 24.5 Å². The summed E-state index contributed by atoms with van der Waals surface area (Å²) in [4.78, 5) is 12.8. The predicted octanol–water partition coefficient (Wildman–Crippen LogP) is 2.42. The highest BCUT2D eigenvalue weighted by atomic mass is 19.4. The maximum Gasteiger partial charge on any atom is 0.397 e. The number of aryl methyl sites for hydroxylation is 1. The second-order valence-electron chi connectivity index (χ2n) is 4.42. The zero-order valence-electron chi connectivity index (χ0n) is 9.84. The van der Waals surface area contributed by atoms with Gasteiger partial charge in [-0.3, -0.25) is 4.79 Å². The molecule has 0 atom stereocenters. The third-order valence-electron chi connectivity index (χ3n) is 3.02. The fourth-order valence-corrected chi connectivity index (χ4v) is 2.10. The van der Waals surface area contributed by atoms with E-state index < -0.39 is 18.5 Å². The Morgan fingerprint density at radius 3 is 2.72 bits per heavy atom. The minimum absolute atomic E-state index is 0.285. The number of carbonyl (C=O) groups excluding carboxylic acids is 1. The van der Waals surface area contributed by atoms with Crippen molar-refractivity contribution in [2.24, 2.45) is 0 Å². The molecule has 1 amide bonds. The maximum absolute atomic E-state index is 12.2. The van der Waals surface area contributed by atoms with Gasteiger partial charge < -0.3 is 10.6 Å². The minimum atomic E-state index is -4.48. The van der Waals surface area contributed by atoms with Gasteiger partial charge in [-0.1, -0.05) is 6.07 Å². The molecule has 18 heavy (non-hydrogen) atoms. The van der Waals surface area contributed by atoms with Crippen LogP contribution in [0, 0.1) is 6.92 Å². The van der Waals surface area contributed by atoms with Crippen LogP contribution in [0.15, 0.2) is 12.1 Å². The van der Waals surface area contributed by atoms with Gasteiger partial charge in [-0.2, -0.15) is 13.2 Å². The standard InChI is InChI=1S/C12H13F3N2O/c1-7-4-8-2-3-17(10(8)5-9(7)16)11(18)6-12(13,14)15/h4-5H,2-3,6,16H2,1H3. The first-order chi connectivity index (χ1) is 8.28. The van der Waals surface area contributed by atoms with Gasteiger partial charge in [0.1, 0.15) is 6.42 Å². The van der Waals surface area contributed by atoms with E-state index in [9.17, 15) is 18.0 Å². The van der Waals surface area contributed by atoms with E-state index >= 15 is 0 Å². The van der Waals surface area contributed by atoms with Crippen LogP contribution in [-0.2, 0) is 11.2 Å². The SMILES string of the molecule is Cc1cc2c(cc1N)N(C(=O)CC(F)(F)F)CC2. The normalized spacial score (nSPS) is 14.8. The number of halogens is 3. The van der Waals surface area contributed by atoms with Crippen molar-refractivity contribution in [2.75, 3.05) is 17.2 Å². The molecule has 1 aliphatic heterocycles. The van der Waals surface area contributed by atoms with E-state index in [1.54, 1.807) is 6.07 Å². The van der Waals surface area contributed by atoms with Crippen molar-refractivity contribution in [3.8, 4) is 0 Å². The average molecular weight is 258 g/mol. The van der Waals surface area contributed by atoms with Crippen molar-refractivity contribution in [2.45, 2.75) is 25.9 Å². The number of amides is 1. The molecule has 2 N–H and O–H groups in total. The van der Waals surface area contributed by atoms with Crippen molar-refractivity contribution in [1.29, 1.82) is 0 Å². The third kappa shape index (κ3) is 2.42. The van der Waals surface area contributed by atoms with Crippen molar-refractivity contribution < 1.29 is 18.0 Å².